The van der Waals surface area contributed by atoms with Gasteiger partial charge < -0.3 is 5.32 Å². The number of rotatable bonds is 7. The van der Waals surface area contributed by atoms with Gasteiger partial charge in [0.1, 0.15) is 0 Å². The molecule has 0 aromatic heterocycles. The first-order chi connectivity index (χ1) is 9.72. The number of carbonyl (C=O) groups is 2. The Morgan fingerprint density at radius 3 is 2.48 bits per heavy atom. The zero-order chi connectivity index (χ0) is 16.0. The van der Waals surface area contributed by atoms with E-state index in [9.17, 15) is 18.0 Å². The molecule has 116 valence electrons. The third-order valence-corrected chi connectivity index (χ3v) is 4.10. The molecule has 1 aromatic rings. The van der Waals surface area contributed by atoms with E-state index in [0.717, 1.165) is 0 Å². The minimum Gasteiger partial charge on any atom is -0.354 e. The van der Waals surface area contributed by atoms with Gasteiger partial charge >= 0.3 is 0 Å². The molecular formula is C14H20N2O4S. The lowest BCUT2D eigenvalue weighted by atomic mass is 10.2. The molecule has 1 amide bonds. The molecule has 1 rings (SSSR count). The highest BCUT2D eigenvalue weighted by molar-refractivity contribution is 7.89. The number of sulfonamides is 1. The number of hydrogen-bond acceptors (Lipinski definition) is 4. The Morgan fingerprint density at radius 1 is 1.24 bits per heavy atom. The largest absolute Gasteiger partial charge is 0.354 e. The van der Waals surface area contributed by atoms with Crippen molar-refractivity contribution in [2.24, 2.45) is 0 Å². The fourth-order valence-electron chi connectivity index (χ4n) is 1.66. The zero-order valence-electron chi connectivity index (χ0n) is 12.3. The van der Waals surface area contributed by atoms with Crippen molar-refractivity contribution in [2.45, 2.75) is 38.1 Å². The summed E-state index contributed by atoms with van der Waals surface area (Å²) in [5.74, 6) is -0.423. The third kappa shape index (κ3) is 5.65. The Kier molecular flexibility index (Phi) is 6.04. The van der Waals surface area contributed by atoms with Crippen LogP contribution in [0, 0.1) is 0 Å². The molecule has 21 heavy (non-hydrogen) atoms. The van der Waals surface area contributed by atoms with Gasteiger partial charge in [0, 0.05) is 24.6 Å². The van der Waals surface area contributed by atoms with Gasteiger partial charge in [0.25, 0.3) is 0 Å². The van der Waals surface area contributed by atoms with Crippen LogP contribution < -0.4 is 10.0 Å². The zero-order valence-corrected chi connectivity index (χ0v) is 13.2. The molecule has 6 nitrogen and oxygen atoms in total. The van der Waals surface area contributed by atoms with Crippen LogP contribution in [0.1, 0.15) is 37.6 Å². The molecular weight excluding hydrogens is 292 g/mol. The highest BCUT2D eigenvalue weighted by atomic mass is 32.2. The smallest absolute Gasteiger partial charge is 0.240 e. The first-order valence-corrected chi connectivity index (χ1v) is 8.10. The van der Waals surface area contributed by atoms with Gasteiger partial charge in [-0.2, -0.15) is 0 Å². The van der Waals surface area contributed by atoms with Crippen LogP contribution in [0.4, 0.5) is 0 Å². The molecule has 0 aliphatic rings. The van der Waals surface area contributed by atoms with E-state index in [1.54, 1.807) is 6.07 Å². The summed E-state index contributed by atoms with van der Waals surface area (Å²) in [4.78, 5) is 22.7. The van der Waals surface area contributed by atoms with Crippen molar-refractivity contribution < 1.29 is 18.0 Å². The molecule has 7 heteroatoms. The summed E-state index contributed by atoms with van der Waals surface area (Å²) < 4.78 is 26.5. The summed E-state index contributed by atoms with van der Waals surface area (Å²) in [7, 11) is -3.72. The highest BCUT2D eigenvalue weighted by Gasteiger charge is 2.15. The average Bonchev–Trinajstić information content (AvgIpc) is 2.37. The third-order valence-electron chi connectivity index (χ3n) is 2.64. The van der Waals surface area contributed by atoms with Crippen LogP contribution in [0.25, 0.3) is 0 Å². The normalized spacial score (nSPS) is 11.4. The molecule has 0 aliphatic heterocycles. The van der Waals surface area contributed by atoms with E-state index >= 15 is 0 Å². The fourth-order valence-corrected chi connectivity index (χ4v) is 2.74. The lowest BCUT2D eigenvalue weighted by Crippen LogP contribution is -2.34. The van der Waals surface area contributed by atoms with Gasteiger partial charge in [-0.15, -0.1) is 0 Å². The number of ketones is 1. The van der Waals surface area contributed by atoms with Gasteiger partial charge in [-0.05, 0) is 32.9 Å². The molecule has 0 unspecified atom stereocenters. The first-order valence-electron chi connectivity index (χ1n) is 6.62. The molecule has 0 radical (unpaired) electrons. The molecule has 0 aliphatic carbocycles. The standard InChI is InChI=1S/C14H20N2O4S/c1-10(2)16-14(18)7-8-15-21(19,20)13-6-4-5-12(9-13)11(3)17/h4-6,9-10,15H,7-8H2,1-3H3,(H,16,18). The number of benzene rings is 1. The first kappa shape index (κ1) is 17.3. The van der Waals surface area contributed by atoms with Crippen LogP contribution in [0.5, 0.6) is 0 Å². The second-order valence-electron chi connectivity index (χ2n) is 4.95. The lowest BCUT2D eigenvalue weighted by molar-refractivity contribution is -0.121. The van der Waals surface area contributed by atoms with Gasteiger partial charge in [0.05, 0.1) is 4.90 Å². The maximum atomic E-state index is 12.1. The molecule has 1 aromatic carbocycles. The van der Waals surface area contributed by atoms with Gasteiger partial charge in [-0.3, -0.25) is 9.59 Å². The van der Waals surface area contributed by atoms with Crippen molar-refractivity contribution in [2.75, 3.05) is 6.54 Å². The molecule has 2 N–H and O–H groups in total. The van der Waals surface area contributed by atoms with E-state index in [0.29, 0.717) is 5.56 Å². The van der Waals surface area contributed by atoms with E-state index in [-0.39, 0.29) is 35.6 Å². The van der Waals surface area contributed by atoms with Gasteiger partial charge in [-0.25, -0.2) is 13.1 Å². The average molecular weight is 312 g/mol. The molecule has 0 bridgehead atoms. The van der Waals surface area contributed by atoms with Crippen molar-refractivity contribution in [3.05, 3.63) is 29.8 Å². The number of hydrogen-bond donors (Lipinski definition) is 2. The SMILES string of the molecule is CC(=O)c1cccc(S(=O)(=O)NCCC(=O)NC(C)C)c1. The Morgan fingerprint density at radius 2 is 1.90 bits per heavy atom. The second kappa shape index (κ2) is 7.33. The van der Waals surface area contributed by atoms with E-state index in [1.165, 1.54) is 25.1 Å². The fraction of sp³-hybridized carbons (Fsp3) is 0.429. The molecule has 0 fully saturated rings. The van der Waals surface area contributed by atoms with Gasteiger partial charge in [0.15, 0.2) is 5.78 Å². The van der Waals surface area contributed by atoms with Crippen molar-refractivity contribution in [1.29, 1.82) is 0 Å². The van der Waals surface area contributed by atoms with Crippen LogP contribution in [-0.2, 0) is 14.8 Å². The predicted molar refractivity (Wildman–Crippen MR) is 79.5 cm³/mol. The molecule has 0 saturated heterocycles. The number of amides is 1. The van der Waals surface area contributed by atoms with Crippen molar-refractivity contribution >= 4 is 21.7 Å². The van der Waals surface area contributed by atoms with Gasteiger partial charge in [-0.1, -0.05) is 12.1 Å². The maximum Gasteiger partial charge on any atom is 0.240 e. The predicted octanol–water partition coefficient (Wildman–Crippen LogP) is 1.08. The summed E-state index contributed by atoms with van der Waals surface area (Å²) in [6.07, 6.45) is 0.0593. The van der Waals surface area contributed by atoms with Crippen molar-refractivity contribution in [1.82, 2.24) is 10.0 Å². The van der Waals surface area contributed by atoms with Crippen LogP contribution in [0.2, 0.25) is 0 Å². The van der Waals surface area contributed by atoms with Crippen molar-refractivity contribution in [3.63, 3.8) is 0 Å². The molecule has 0 atom stereocenters. The minimum atomic E-state index is -3.72. The van der Waals surface area contributed by atoms with Crippen LogP contribution in [-0.4, -0.2) is 32.7 Å². The number of Topliss-reactive ketones (excluding diaryl/α,β-unsaturated/α-hetero) is 1. The maximum absolute atomic E-state index is 12.1. The summed E-state index contributed by atoms with van der Waals surface area (Å²) in [5.41, 5.74) is 0.329. The van der Waals surface area contributed by atoms with E-state index < -0.39 is 10.0 Å². The van der Waals surface area contributed by atoms with Crippen LogP contribution >= 0.6 is 0 Å². The van der Waals surface area contributed by atoms with E-state index in [4.69, 9.17) is 0 Å². The summed E-state index contributed by atoms with van der Waals surface area (Å²) in [6, 6.07) is 5.80. The Bertz CT molecular complexity index is 624. The van der Waals surface area contributed by atoms with Crippen LogP contribution in [0.15, 0.2) is 29.2 Å². The quantitative estimate of drug-likeness (QED) is 0.737. The number of carbonyl (C=O) groups excluding carboxylic acids is 2. The Hall–Kier alpha value is -1.73. The summed E-state index contributed by atoms with van der Waals surface area (Å²) in [6.45, 7) is 5.03. The van der Waals surface area contributed by atoms with Crippen molar-refractivity contribution in [3.8, 4) is 0 Å². The Labute approximate surface area is 125 Å². The van der Waals surface area contributed by atoms with Crippen LogP contribution in [0.3, 0.4) is 0 Å². The van der Waals surface area contributed by atoms with E-state index in [1.807, 2.05) is 13.8 Å². The van der Waals surface area contributed by atoms with E-state index in [2.05, 4.69) is 10.0 Å². The number of nitrogens with one attached hydrogen (secondary N) is 2. The Balaban J connectivity index is 2.68. The molecule has 0 spiro atoms. The lowest BCUT2D eigenvalue weighted by Gasteiger charge is -2.10. The molecule has 0 saturated carbocycles. The highest BCUT2D eigenvalue weighted by Crippen LogP contribution is 2.11. The molecule has 0 heterocycles. The topological polar surface area (TPSA) is 92.3 Å². The second-order valence-corrected chi connectivity index (χ2v) is 6.72. The minimum absolute atomic E-state index is 0.00514. The summed E-state index contributed by atoms with van der Waals surface area (Å²) >= 11 is 0. The van der Waals surface area contributed by atoms with Gasteiger partial charge in [0.2, 0.25) is 15.9 Å². The monoisotopic (exact) mass is 312 g/mol. The summed E-state index contributed by atoms with van der Waals surface area (Å²) in [5, 5.41) is 2.67.